The topological polar surface area (TPSA) is 130 Å². The van der Waals surface area contributed by atoms with E-state index in [0.29, 0.717) is 43.9 Å². The van der Waals surface area contributed by atoms with Crippen LogP contribution in [0, 0.1) is 22.7 Å². The van der Waals surface area contributed by atoms with Crippen LogP contribution in [0.2, 0.25) is 0 Å². The molecule has 5 rings (SSSR count). The van der Waals surface area contributed by atoms with Crippen molar-refractivity contribution in [1.29, 1.82) is 10.7 Å². The Bertz CT molecular complexity index is 1400. The summed E-state index contributed by atoms with van der Waals surface area (Å²) in [5.74, 6) is 1.56. The first-order chi connectivity index (χ1) is 20.6. The van der Waals surface area contributed by atoms with E-state index in [1.54, 1.807) is 4.90 Å². The molecule has 0 aliphatic carbocycles. The fourth-order valence-electron chi connectivity index (χ4n) is 5.34. The summed E-state index contributed by atoms with van der Waals surface area (Å²) in [5.41, 5.74) is 3.89. The van der Waals surface area contributed by atoms with Crippen LogP contribution in [0.4, 0.5) is 17.3 Å². The van der Waals surface area contributed by atoms with E-state index in [4.69, 9.17) is 20.1 Å². The van der Waals surface area contributed by atoms with Crippen molar-refractivity contribution in [3.8, 4) is 17.2 Å². The molecule has 0 unspecified atom stereocenters. The molecular weight excluding hydrogens is 548 g/mol. The lowest BCUT2D eigenvalue weighted by molar-refractivity contribution is -0.119. The predicted octanol–water partition coefficient (Wildman–Crippen LogP) is 4.96. The van der Waals surface area contributed by atoms with Crippen molar-refractivity contribution in [2.75, 3.05) is 42.7 Å². The number of carbonyl (C=O) groups excluding carboxylic acids is 1. The number of piperidine rings is 2. The van der Waals surface area contributed by atoms with Crippen molar-refractivity contribution in [2.45, 2.75) is 38.3 Å². The number of likely N-dealkylation sites (tertiary alicyclic amines) is 1. The number of carbonyl (C=O) groups is 1. The van der Waals surface area contributed by atoms with Gasteiger partial charge >= 0.3 is 0 Å². The zero-order valence-electron chi connectivity index (χ0n) is 23.8. The molecule has 0 saturated carbocycles. The van der Waals surface area contributed by atoms with E-state index in [2.05, 4.69) is 21.0 Å². The van der Waals surface area contributed by atoms with E-state index in [1.165, 1.54) is 11.9 Å². The number of hydrogen-bond donors (Lipinski definition) is 3. The highest BCUT2D eigenvalue weighted by atomic mass is 32.2. The lowest BCUT2D eigenvalue weighted by Gasteiger charge is -2.30. The Labute approximate surface area is 251 Å². The van der Waals surface area contributed by atoms with Crippen molar-refractivity contribution >= 4 is 41.6 Å². The number of ether oxygens (including phenoxy) is 1. The summed E-state index contributed by atoms with van der Waals surface area (Å²) in [6, 6.07) is 18.2. The second-order valence-corrected chi connectivity index (χ2v) is 11.2. The molecule has 2 aliphatic heterocycles. The third kappa shape index (κ3) is 7.19. The summed E-state index contributed by atoms with van der Waals surface area (Å²) in [6.07, 6.45) is 7.54. The zero-order chi connectivity index (χ0) is 29.3. The van der Waals surface area contributed by atoms with Crippen molar-refractivity contribution in [1.82, 2.24) is 19.6 Å². The van der Waals surface area contributed by atoms with Crippen LogP contribution in [0.1, 0.15) is 36.9 Å². The molecule has 2 aromatic heterocycles. The number of benzene rings is 1. The quantitative estimate of drug-likeness (QED) is 0.131. The number of aromatic nitrogens is 2. The summed E-state index contributed by atoms with van der Waals surface area (Å²) in [5, 5.41) is 21.8. The molecule has 10 nitrogen and oxygen atoms in total. The number of nitrogens with one attached hydrogen (secondary N) is 3. The number of anilines is 3. The first-order valence-corrected chi connectivity index (χ1v) is 15.5. The molecule has 2 saturated heterocycles. The van der Waals surface area contributed by atoms with E-state index in [1.807, 2.05) is 61.0 Å². The molecule has 1 aromatic carbocycles. The average Bonchev–Trinajstić information content (AvgIpc) is 3.04. The molecule has 11 heteroatoms. The molecule has 3 N–H and O–H groups in total. The number of nitrogens with zero attached hydrogens (tertiary/aromatic N) is 5. The van der Waals surface area contributed by atoms with Gasteiger partial charge in [-0.15, -0.1) is 0 Å². The minimum Gasteiger partial charge on any atom is -0.474 e. The molecule has 42 heavy (non-hydrogen) atoms. The van der Waals surface area contributed by atoms with Gasteiger partial charge in [-0.2, -0.15) is 5.26 Å². The van der Waals surface area contributed by atoms with Crippen LogP contribution >= 0.6 is 11.9 Å². The van der Waals surface area contributed by atoms with Gasteiger partial charge in [-0.1, -0.05) is 30.1 Å². The Hall–Kier alpha value is -4.14. The molecule has 2 aliphatic rings. The van der Waals surface area contributed by atoms with Crippen molar-refractivity contribution < 1.29 is 9.53 Å². The van der Waals surface area contributed by atoms with E-state index < -0.39 is 0 Å². The highest BCUT2D eigenvalue weighted by Gasteiger charge is 2.26. The Kier molecular flexibility index (Phi) is 9.90. The molecule has 3 aromatic rings. The van der Waals surface area contributed by atoms with E-state index >= 15 is 0 Å². The summed E-state index contributed by atoms with van der Waals surface area (Å²) in [6.45, 7) is 3.37. The third-order valence-electron chi connectivity index (χ3n) is 7.70. The zero-order valence-corrected chi connectivity index (χ0v) is 24.6. The largest absolute Gasteiger partial charge is 0.474 e. The molecule has 0 bridgehead atoms. The SMILES string of the molecule is CSNCc1cc(-c2ccc(N3CCC(C#N)CC3)nc2)c(C(=N)OC2CCN(C=O)CC2)c(Nc2ccccc2)n1. The standard InChI is InChI=1S/C31H36N8O2S/c1-42-35-20-25-17-27(23-7-8-28(34-19-23)39-15-9-22(18-32)10-16-39)29(31(37-25)36-24-5-3-2-4-6-24)30(33)41-26-11-13-38(21-40)14-12-26/h2-8,17,19,21-22,26,33,35H,9-16,20H2,1H3,(H,36,37). The smallest absolute Gasteiger partial charge is 0.217 e. The van der Waals surface area contributed by atoms with Crippen LogP contribution in [0.5, 0.6) is 0 Å². The van der Waals surface area contributed by atoms with Gasteiger partial charge in [-0.05, 0) is 49.4 Å². The molecule has 1 amide bonds. The Morgan fingerprint density at radius 2 is 1.90 bits per heavy atom. The van der Waals surface area contributed by atoms with Gasteiger partial charge in [0.25, 0.3) is 0 Å². The van der Waals surface area contributed by atoms with Crippen molar-refractivity contribution in [3.05, 3.63) is 66.0 Å². The van der Waals surface area contributed by atoms with Gasteiger partial charge in [0, 0.05) is 74.5 Å². The van der Waals surface area contributed by atoms with Crippen molar-refractivity contribution in [2.24, 2.45) is 5.92 Å². The first kappa shape index (κ1) is 29.4. The second-order valence-electron chi connectivity index (χ2n) is 10.5. The number of pyridine rings is 2. The Morgan fingerprint density at radius 3 is 2.55 bits per heavy atom. The van der Waals surface area contributed by atoms with Crippen LogP contribution in [-0.4, -0.2) is 65.7 Å². The van der Waals surface area contributed by atoms with E-state index in [0.717, 1.165) is 60.7 Å². The highest BCUT2D eigenvalue weighted by molar-refractivity contribution is 7.96. The normalized spacial score (nSPS) is 16.1. The summed E-state index contributed by atoms with van der Waals surface area (Å²) < 4.78 is 9.54. The van der Waals surface area contributed by atoms with Crippen LogP contribution in [0.25, 0.3) is 11.1 Å². The molecule has 0 radical (unpaired) electrons. The maximum atomic E-state index is 11.2. The second kappa shape index (κ2) is 14.2. The molecule has 0 atom stereocenters. The number of amides is 1. The first-order valence-electron chi connectivity index (χ1n) is 14.3. The Balaban J connectivity index is 1.50. The summed E-state index contributed by atoms with van der Waals surface area (Å²) >= 11 is 1.52. The van der Waals surface area contributed by atoms with Gasteiger partial charge in [0.05, 0.1) is 17.3 Å². The fourth-order valence-corrected chi connectivity index (χ4v) is 5.63. The van der Waals surface area contributed by atoms with Gasteiger partial charge in [-0.25, -0.2) is 9.97 Å². The van der Waals surface area contributed by atoms with Crippen LogP contribution in [0.3, 0.4) is 0 Å². The maximum Gasteiger partial charge on any atom is 0.217 e. The van der Waals surface area contributed by atoms with Gasteiger partial charge in [0.2, 0.25) is 12.3 Å². The van der Waals surface area contributed by atoms with Crippen LogP contribution in [0.15, 0.2) is 54.7 Å². The summed E-state index contributed by atoms with van der Waals surface area (Å²) in [7, 11) is 0. The number of rotatable bonds is 10. The molecule has 2 fully saturated rings. The predicted molar refractivity (Wildman–Crippen MR) is 167 cm³/mol. The number of para-hydroxylation sites is 1. The maximum absolute atomic E-state index is 11.2. The summed E-state index contributed by atoms with van der Waals surface area (Å²) in [4.78, 5) is 24.9. The fraction of sp³-hybridized carbons (Fsp3) is 0.387. The van der Waals surface area contributed by atoms with Gasteiger partial charge < -0.3 is 19.9 Å². The Morgan fingerprint density at radius 1 is 1.14 bits per heavy atom. The van der Waals surface area contributed by atoms with Crippen molar-refractivity contribution in [3.63, 3.8) is 0 Å². The number of nitriles is 1. The lowest BCUT2D eigenvalue weighted by atomic mass is 9.98. The lowest BCUT2D eigenvalue weighted by Crippen LogP contribution is -2.37. The molecule has 218 valence electrons. The molecular formula is C31H36N8O2S. The monoisotopic (exact) mass is 584 g/mol. The average molecular weight is 585 g/mol. The van der Waals surface area contributed by atoms with Gasteiger partial charge in [-0.3, -0.25) is 14.9 Å². The van der Waals surface area contributed by atoms with E-state index in [9.17, 15) is 10.1 Å². The van der Waals surface area contributed by atoms with Crippen LogP contribution in [-0.2, 0) is 16.1 Å². The highest BCUT2D eigenvalue weighted by Crippen LogP contribution is 2.33. The number of hydrogen-bond acceptors (Lipinski definition) is 10. The van der Waals surface area contributed by atoms with Gasteiger partial charge in [0.15, 0.2) is 0 Å². The van der Waals surface area contributed by atoms with Crippen LogP contribution < -0.4 is 14.9 Å². The minimum absolute atomic E-state index is 0.0347. The third-order valence-corrected chi connectivity index (χ3v) is 8.14. The minimum atomic E-state index is -0.166. The van der Waals surface area contributed by atoms with Gasteiger partial charge in [0.1, 0.15) is 17.7 Å². The van der Waals surface area contributed by atoms with E-state index in [-0.39, 0.29) is 17.9 Å². The molecule has 4 heterocycles. The molecule has 0 spiro atoms.